The van der Waals surface area contributed by atoms with Crippen molar-refractivity contribution >= 4 is 11.9 Å². The van der Waals surface area contributed by atoms with E-state index in [-0.39, 0.29) is 24.9 Å². The van der Waals surface area contributed by atoms with Crippen molar-refractivity contribution < 1.29 is 19.4 Å². The fraction of sp³-hybridized carbons (Fsp3) is 0.500. The number of ether oxygens (including phenoxy) is 1. The molecule has 5 nitrogen and oxygen atoms in total. The van der Waals surface area contributed by atoms with Gasteiger partial charge in [0.15, 0.2) is 0 Å². The van der Waals surface area contributed by atoms with Crippen molar-refractivity contribution in [2.45, 2.75) is 39.7 Å². The van der Waals surface area contributed by atoms with Crippen molar-refractivity contribution in [2.24, 2.45) is 5.92 Å². The Balaban J connectivity index is 2.41. The number of carbonyl (C=O) groups is 2. The predicted octanol–water partition coefficient (Wildman–Crippen LogP) is 2.38. The smallest absolute Gasteiger partial charge is 0.326 e. The molecular weight excluding hydrogens is 270 g/mol. The van der Waals surface area contributed by atoms with Gasteiger partial charge in [0.1, 0.15) is 11.8 Å². The minimum atomic E-state index is -1.00. The van der Waals surface area contributed by atoms with Crippen molar-refractivity contribution in [3.05, 3.63) is 29.8 Å². The van der Waals surface area contributed by atoms with Crippen molar-refractivity contribution in [3.63, 3.8) is 0 Å². The molecule has 0 heterocycles. The Morgan fingerprint density at radius 2 is 2.10 bits per heavy atom. The number of benzene rings is 1. The van der Waals surface area contributed by atoms with Crippen LogP contribution in [0.5, 0.6) is 5.75 Å². The van der Waals surface area contributed by atoms with Gasteiger partial charge in [-0.05, 0) is 30.5 Å². The van der Waals surface area contributed by atoms with Gasteiger partial charge in [-0.1, -0.05) is 32.4 Å². The molecule has 1 rings (SSSR count). The summed E-state index contributed by atoms with van der Waals surface area (Å²) in [5, 5.41) is 11.7. The normalized spacial score (nSPS) is 13.3. The van der Waals surface area contributed by atoms with Crippen molar-refractivity contribution in [2.75, 3.05) is 6.61 Å². The highest BCUT2D eigenvalue weighted by Gasteiger charge is 2.24. The molecule has 1 aromatic rings. The number of carbonyl (C=O) groups excluding carboxylic acids is 1. The molecule has 21 heavy (non-hydrogen) atoms. The first kappa shape index (κ1) is 17.0. The molecule has 0 saturated carbocycles. The maximum absolute atomic E-state index is 11.8. The van der Waals surface area contributed by atoms with Crippen molar-refractivity contribution in [3.8, 4) is 5.75 Å². The fourth-order valence-corrected chi connectivity index (χ4v) is 1.90. The van der Waals surface area contributed by atoms with Gasteiger partial charge in [0, 0.05) is 0 Å². The van der Waals surface area contributed by atoms with Crippen LogP contribution in [0.4, 0.5) is 0 Å². The summed E-state index contributed by atoms with van der Waals surface area (Å²) in [4.78, 5) is 22.9. The Morgan fingerprint density at radius 3 is 2.67 bits per heavy atom. The molecule has 1 amide bonds. The molecule has 0 radical (unpaired) electrons. The number of carboxylic acid groups (broad SMARTS) is 1. The van der Waals surface area contributed by atoms with E-state index < -0.39 is 12.0 Å². The maximum atomic E-state index is 11.8. The number of hydrogen-bond donors (Lipinski definition) is 2. The second-order valence-corrected chi connectivity index (χ2v) is 5.18. The summed E-state index contributed by atoms with van der Waals surface area (Å²) in [6, 6.07) is 6.71. The Bertz CT molecular complexity index is 487. The van der Waals surface area contributed by atoms with Gasteiger partial charge in [0.25, 0.3) is 0 Å². The quantitative estimate of drug-likeness (QED) is 0.771. The van der Waals surface area contributed by atoms with Crippen LogP contribution in [0.2, 0.25) is 0 Å². The van der Waals surface area contributed by atoms with Gasteiger partial charge in [-0.15, -0.1) is 0 Å². The number of hydrogen-bond acceptors (Lipinski definition) is 3. The molecule has 1 aromatic carbocycles. The molecule has 0 saturated heterocycles. The number of carboxylic acids is 1. The first-order valence-corrected chi connectivity index (χ1v) is 7.15. The average molecular weight is 293 g/mol. The summed E-state index contributed by atoms with van der Waals surface area (Å²) in [6.07, 6.45) is 0.825. The van der Waals surface area contributed by atoms with E-state index in [9.17, 15) is 9.59 Å². The van der Waals surface area contributed by atoms with Crippen LogP contribution in [0.3, 0.4) is 0 Å². The molecule has 116 valence electrons. The van der Waals surface area contributed by atoms with E-state index in [0.29, 0.717) is 12.2 Å². The first-order valence-electron chi connectivity index (χ1n) is 7.15. The summed E-state index contributed by atoms with van der Waals surface area (Å²) in [6.45, 7) is 5.89. The van der Waals surface area contributed by atoms with Crippen LogP contribution in [0, 0.1) is 12.8 Å². The lowest BCUT2D eigenvalue weighted by Crippen LogP contribution is -2.45. The second-order valence-electron chi connectivity index (χ2n) is 5.18. The van der Waals surface area contributed by atoms with E-state index in [1.54, 1.807) is 0 Å². The number of rotatable bonds is 8. The number of nitrogens with one attached hydrogen (secondary N) is 1. The molecule has 5 heteroatoms. The van der Waals surface area contributed by atoms with Crippen LogP contribution in [-0.4, -0.2) is 29.6 Å². The average Bonchev–Trinajstić information content (AvgIpc) is 2.43. The molecule has 2 unspecified atom stereocenters. The predicted molar refractivity (Wildman–Crippen MR) is 80.3 cm³/mol. The molecule has 0 aromatic heterocycles. The Morgan fingerprint density at radius 1 is 1.38 bits per heavy atom. The van der Waals surface area contributed by atoms with Crippen LogP contribution >= 0.6 is 0 Å². The zero-order chi connectivity index (χ0) is 15.8. The van der Waals surface area contributed by atoms with Crippen LogP contribution in [0.15, 0.2) is 24.3 Å². The molecule has 0 aliphatic carbocycles. The van der Waals surface area contributed by atoms with Crippen LogP contribution < -0.4 is 10.1 Å². The lowest BCUT2D eigenvalue weighted by Gasteiger charge is -2.20. The summed E-state index contributed by atoms with van der Waals surface area (Å²) in [5.41, 5.74) is 1.08. The topological polar surface area (TPSA) is 75.6 Å². The molecule has 0 fully saturated rings. The highest BCUT2D eigenvalue weighted by Crippen LogP contribution is 2.12. The van der Waals surface area contributed by atoms with Gasteiger partial charge in [-0.2, -0.15) is 0 Å². The second kappa shape index (κ2) is 8.29. The van der Waals surface area contributed by atoms with Gasteiger partial charge in [0.05, 0.1) is 13.0 Å². The third-order valence-corrected chi connectivity index (χ3v) is 3.38. The van der Waals surface area contributed by atoms with Crippen molar-refractivity contribution in [1.29, 1.82) is 0 Å². The lowest BCUT2D eigenvalue weighted by atomic mass is 9.99. The van der Waals surface area contributed by atoms with Gasteiger partial charge in [-0.25, -0.2) is 4.79 Å². The number of aryl methyl sites for hydroxylation is 1. The summed E-state index contributed by atoms with van der Waals surface area (Å²) >= 11 is 0. The Hall–Kier alpha value is -2.04. The van der Waals surface area contributed by atoms with E-state index in [1.165, 1.54) is 0 Å². The number of aliphatic carboxylic acids is 1. The third kappa shape index (κ3) is 5.85. The minimum absolute atomic E-state index is 0.107. The van der Waals surface area contributed by atoms with Gasteiger partial charge in [-0.3, -0.25) is 4.79 Å². The minimum Gasteiger partial charge on any atom is -0.493 e. The zero-order valence-corrected chi connectivity index (χ0v) is 12.8. The third-order valence-electron chi connectivity index (χ3n) is 3.38. The van der Waals surface area contributed by atoms with E-state index in [4.69, 9.17) is 9.84 Å². The molecule has 0 spiro atoms. The summed E-state index contributed by atoms with van der Waals surface area (Å²) < 4.78 is 5.48. The highest BCUT2D eigenvalue weighted by atomic mass is 16.5. The van der Waals surface area contributed by atoms with Crippen LogP contribution in [-0.2, 0) is 9.59 Å². The lowest BCUT2D eigenvalue weighted by molar-refractivity contribution is -0.143. The monoisotopic (exact) mass is 293 g/mol. The Labute approximate surface area is 125 Å². The largest absolute Gasteiger partial charge is 0.493 e. The molecule has 2 N–H and O–H groups in total. The zero-order valence-electron chi connectivity index (χ0n) is 12.8. The van der Waals surface area contributed by atoms with E-state index >= 15 is 0 Å². The SMILES string of the molecule is CCC(C)C(NC(=O)CCOc1cccc(C)c1)C(=O)O. The van der Waals surface area contributed by atoms with Crippen LogP contribution in [0.25, 0.3) is 0 Å². The molecular formula is C16H23NO4. The first-order chi connectivity index (χ1) is 9.93. The molecule has 2 atom stereocenters. The fourth-order valence-electron chi connectivity index (χ4n) is 1.90. The highest BCUT2D eigenvalue weighted by molar-refractivity contribution is 5.83. The summed E-state index contributed by atoms with van der Waals surface area (Å²) in [7, 11) is 0. The molecule has 0 aliphatic rings. The van der Waals surface area contributed by atoms with Crippen LogP contribution in [0.1, 0.15) is 32.3 Å². The molecule has 0 bridgehead atoms. The Kier molecular flexibility index (Phi) is 6.72. The van der Waals surface area contributed by atoms with Gasteiger partial charge < -0.3 is 15.2 Å². The summed E-state index contributed by atoms with van der Waals surface area (Å²) in [5.74, 6) is -0.712. The standard InChI is InChI=1S/C16H23NO4/c1-4-12(3)15(16(19)20)17-14(18)8-9-21-13-7-5-6-11(2)10-13/h5-7,10,12,15H,4,8-9H2,1-3H3,(H,17,18)(H,19,20). The molecule has 0 aliphatic heterocycles. The van der Waals surface area contributed by atoms with E-state index in [1.807, 2.05) is 45.0 Å². The van der Waals surface area contributed by atoms with E-state index in [0.717, 1.165) is 5.56 Å². The maximum Gasteiger partial charge on any atom is 0.326 e. The number of amides is 1. The van der Waals surface area contributed by atoms with E-state index in [2.05, 4.69) is 5.32 Å². The van der Waals surface area contributed by atoms with Gasteiger partial charge in [0.2, 0.25) is 5.91 Å². The van der Waals surface area contributed by atoms with Gasteiger partial charge >= 0.3 is 5.97 Å². The van der Waals surface area contributed by atoms with Crippen molar-refractivity contribution in [1.82, 2.24) is 5.32 Å².